The Morgan fingerprint density at radius 1 is 1.35 bits per heavy atom. The normalized spacial score (nSPS) is 25.1. The van der Waals surface area contributed by atoms with Crippen LogP contribution in [-0.2, 0) is 6.42 Å². The van der Waals surface area contributed by atoms with Crippen molar-refractivity contribution in [1.29, 1.82) is 0 Å². The van der Waals surface area contributed by atoms with Gasteiger partial charge in [-0.05, 0) is 56.2 Å². The molecule has 108 valence electrons. The van der Waals surface area contributed by atoms with E-state index in [1.807, 2.05) is 0 Å². The maximum absolute atomic E-state index is 5.61. The first-order chi connectivity index (χ1) is 9.83. The Bertz CT molecular complexity index is 464. The SMILES string of the molecule is C=CC[C@H]1c2c(cccc2OC)CC[C@H]1NCC1CC1. The lowest BCUT2D eigenvalue weighted by molar-refractivity contribution is 0.356. The molecule has 2 atom stereocenters. The lowest BCUT2D eigenvalue weighted by Crippen LogP contribution is -2.39. The van der Waals surface area contributed by atoms with Gasteiger partial charge in [-0.2, -0.15) is 0 Å². The zero-order valence-electron chi connectivity index (χ0n) is 12.4. The Balaban J connectivity index is 1.85. The van der Waals surface area contributed by atoms with Gasteiger partial charge < -0.3 is 10.1 Å². The van der Waals surface area contributed by atoms with Crippen molar-refractivity contribution in [1.82, 2.24) is 5.32 Å². The van der Waals surface area contributed by atoms with Gasteiger partial charge in [-0.25, -0.2) is 0 Å². The summed E-state index contributed by atoms with van der Waals surface area (Å²) in [6, 6.07) is 7.03. The Labute approximate surface area is 122 Å². The fourth-order valence-electron chi connectivity index (χ4n) is 3.47. The van der Waals surface area contributed by atoms with Crippen LogP contribution in [0.1, 0.15) is 42.7 Å². The quantitative estimate of drug-likeness (QED) is 0.797. The van der Waals surface area contributed by atoms with Gasteiger partial charge in [0.05, 0.1) is 7.11 Å². The number of benzene rings is 1. The second-order valence-electron chi connectivity index (χ2n) is 6.16. The summed E-state index contributed by atoms with van der Waals surface area (Å²) in [5.41, 5.74) is 2.87. The molecule has 1 aromatic rings. The summed E-state index contributed by atoms with van der Waals surface area (Å²) in [4.78, 5) is 0. The second kappa shape index (κ2) is 6.01. The molecule has 0 aromatic heterocycles. The van der Waals surface area contributed by atoms with Crippen LogP contribution in [0.3, 0.4) is 0 Å². The van der Waals surface area contributed by atoms with Crippen molar-refractivity contribution in [2.45, 2.75) is 44.1 Å². The van der Waals surface area contributed by atoms with E-state index in [4.69, 9.17) is 4.74 Å². The lowest BCUT2D eigenvalue weighted by atomic mass is 9.77. The van der Waals surface area contributed by atoms with Crippen molar-refractivity contribution in [2.24, 2.45) is 5.92 Å². The molecule has 20 heavy (non-hydrogen) atoms. The number of fused-ring (bicyclic) bond motifs is 1. The molecule has 0 bridgehead atoms. The molecule has 0 spiro atoms. The molecule has 0 unspecified atom stereocenters. The maximum atomic E-state index is 5.61. The molecule has 2 aliphatic carbocycles. The first kappa shape index (κ1) is 13.7. The largest absolute Gasteiger partial charge is 0.496 e. The van der Waals surface area contributed by atoms with Gasteiger partial charge in [-0.1, -0.05) is 18.2 Å². The van der Waals surface area contributed by atoms with Crippen LogP contribution in [-0.4, -0.2) is 19.7 Å². The molecule has 1 fully saturated rings. The van der Waals surface area contributed by atoms with Crippen LogP contribution in [0, 0.1) is 5.92 Å². The van der Waals surface area contributed by atoms with Crippen molar-refractivity contribution >= 4 is 0 Å². The third-order valence-corrected chi connectivity index (χ3v) is 4.74. The van der Waals surface area contributed by atoms with E-state index in [0.717, 1.165) is 24.5 Å². The summed E-state index contributed by atoms with van der Waals surface area (Å²) in [6.45, 7) is 5.14. The first-order valence-electron chi connectivity index (χ1n) is 7.83. The summed E-state index contributed by atoms with van der Waals surface area (Å²) in [7, 11) is 1.78. The van der Waals surface area contributed by atoms with Crippen LogP contribution < -0.4 is 10.1 Å². The molecule has 3 rings (SSSR count). The van der Waals surface area contributed by atoms with Crippen molar-refractivity contribution in [3.8, 4) is 5.75 Å². The van der Waals surface area contributed by atoms with E-state index < -0.39 is 0 Å². The molecule has 0 aliphatic heterocycles. The van der Waals surface area contributed by atoms with Gasteiger partial charge in [-0.15, -0.1) is 6.58 Å². The van der Waals surface area contributed by atoms with E-state index in [9.17, 15) is 0 Å². The van der Waals surface area contributed by atoms with Gasteiger partial charge in [0.2, 0.25) is 0 Å². The minimum atomic E-state index is 0.506. The van der Waals surface area contributed by atoms with Crippen molar-refractivity contribution in [3.63, 3.8) is 0 Å². The molecular weight excluding hydrogens is 246 g/mol. The van der Waals surface area contributed by atoms with Crippen LogP contribution in [0.4, 0.5) is 0 Å². The van der Waals surface area contributed by atoms with E-state index in [1.54, 1.807) is 7.11 Å². The number of rotatable bonds is 6. The predicted octanol–water partition coefficient (Wildman–Crippen LogP) is 3.67. The van der Waals surface area contributed by atoms with Crippen LogP contribution in [0.25, 0.3) is 0 Å². The third-order valence-electron chi connectivity index (χ3n) is 4.74. The van der Waals surface area contributed by atoms with Gasteiger partial charge in [-0.3, -0.25) is 0 Å². The topological polar surface area (TPSA) is 21.3 Å². The van der Waals surface area contributed by atoms with Gasteiger partial charge in [0.25, 0.3) is 0 Å². The number of hydrogen-bond acceptors (Lipinski definition) is 2. The summed E-state index contributed by atoms with van der Waals surface area (Å²) in [5, 5.41) is 3.81. The van der Waals surface area contributed by atoms with Crippen LogP contribution in [0.2, 0.25) is 0 Å². The Morgan fingerprint density at radius 3 is 2.90 bits per heavy atom. The Morgan fingerprint density at radius 2 is 2.20 bits per heavy atom. The number of aryl methyl sites for hydroxylation is 1. The molecule has 0 amide bonds. The molecule has 0 heterocycles. The number of methoxy groups -OCH3 is 1. The molecule has 1 aromatic carbocycles. The highest BCUT2D eigenvalue weighted by molar-refractivity contribution is 5.45. The maximum Gasteiger partial charge on any atom is 0.122 e. The average molecular weight is 271 g/mol. The summed E-state index contributed by atoms with van der Waals surface area (Å²) >= 11 is 0. The monoisotopic (exact) mass is 271 g/mol. The molecule has 2 aliphatic rings. The van der Waals surface area contributed by atoms with E-state index in [2.05, 4.69) is 36.2 Å². The van der Waals surface area contributed by atoms with Gasteiger partial charge >= 0.3 is 0 Å². The second-order valence-corrected chi connectivity index (χ2v) is 6.16. The van der Waals surface area contributed by atoms with E-state index >= 15 is 0 Å². The van der Waals surface area contributed by atoms with Crippen LogP contribution in [0.15, 0.2) is 30.9 Å². The third kappa shape index (κ3) is 2.76. The molecule has 1 N–H and O–H groups in total. The highest BCUT2D eigenvalue weighted by Crippen LogP contribution is 2.40. The molecule has 0 saturated heterocycles. The zero-order valence-corrected chi connectivity index (χ0v) is 12.4. The average Bonchev–Trinajstić information content (AvgIpc) is 3.30. The highest BCUT2D eigenvalue weighted by atomic mass is 16.5. The van der Waals surface area contributed by atoms with Gasteiger partial charge in [0.15, 0.2) is 0 Å². The van der Waals surface area contributed by atoms with E-state index in [-0.39, 0.29) is 0 Å². The van der Waals surface area contributed by atoms with Crippen molar-refractivity contribution in [2.75, 3.05) is 13.7 Å². The molecule has 2 heteroatoms. The van der Waals surface area contributed by atoms with E-state index in [1.165, 1.54) is 36.9 Å². The fraction of sp³-hybridized carbons (Fsp3) is 0.556. The summed E-state index contributed by atoms with van der Waals surface area (Å²) in [6.07, 6.45) is 8.28. The number of nitrogens with one attached hydrogen (secondary N) is 1. The smallest absolute Gasteiger partial charge is 0.122 e. The molecule has 0 radical (unpaired) electrons. The lowest BCUT2D eigenvalue weighted by Gasteiger charge is -2.35. The fourth-order valence-corrected chi connectivity index (χ4v) is 3.47. The zero-order chi connectivity index (χ0) is 13.9. The van der Waals surface area contributed by atoms with Gasteiger partial charge in [0.1, 0.15) is 5.75 Å². The Kier molecular flexibility index (Phi) is 4.11. The minimum absolute atomic E-state index is 0.506. The number of ether oxygens (including phenoxy) is 1. The predicted molar refractivity (Wildman–Crippen MR) is 83.4 cm³/mol. The summed E-state index contributed by atoms with van der Waals surface area (Å²) in [5.74, 6) is 2.48. The van der Waals surface area contributed by atoms with Crippen LogP contribution in [0.5, 0.6) is 5.75 Å². The molecular formula is C18H25NO. The first-order valence-corrected chi connectivity index (χ1v) is 7.83. The van der Waals surface area contributed by atoms with E-state index in [0.29, 0.717) is 12.0 Å². The van der Waals surface area contributed by atoms with Crippen molar-refractivity contribution in [3.05, 3.63) is 42.0 Å². The summed E-state index contributed by atoms with van der Waals surface area (Å²) < 4.78 is 5.61. The molecule has 1 saturated carbocycles. The number of allylic oxidation sites excluding steroid dienone is 1. The molecule has 2 nitrogen and oxygen atoms in total. The standard InChI is InChI=1S/C18H25NO/c1-3-5-15-16(19-12-13-8-9-13)11-10-14-6-4-7-17(20-2)18(14)15/h3-4,6-7,13,15-16,19H,1,5,8-12H2,2H3/t15-,16-/m1/s1. The Hall–Kier alpha value is -1.28. The van der Waals surface area contributed by atoms with Crippen molar-refractivity contribution < 1.29 is 4.74 Å². The highest BCUT2D eigenvalue weighted by Gasteiger charge is 2.32. The number of hydrogen-bond donors (Lipinski definition) is 1. The minimum Gasteiger partial charge on any atom is -0.496 e. The van der Waals surface area contributed by atoms with Gasteiger partial charge in [0, 0.05) is 17.5 Å². The van der Waals surface area contributed by atoms with Crippen LogP contribution >= 0.6 is 0 Å².